The zero-order valence-electron chi connectivity index (χ0n) is 21.4. The lowest BCUT2D eigenvalue weighted by Crippen LogP contribution is -2.50. The van der Waals surface area contributed by atoms with Crippen LogP contribution in [0.2, 0.25) is 0 Å². The van der Waals surface area contributed by atoms with E-state index >= 15 is 0 Å². The summed E-state index contributed by atoms with van der Waals surface area (Å²) in [6.07, 6.45) is 1.55. The number of sulfonamides is 1. The van der Waals surface area contributed by atoms with Crippen LogP contribution in [0.1, 0.15) is 15.9 Å². The number of nitrogens with one attached hydrogen (secondary N) is 2. The van der Waals surface area contributed by atoms with E-state index in [-0.39, 0.29) is 23.3 Å². The molecule has 0 unspecified atom stereocenters. The van der Waals surface area contributed by atoms with Crippen molar-refractivity contribution in [1.29, 1.82) is 5.26 Å². The number of anilines is 2. The van der Waals surface area contributed by atoms with Crippen LogP contribution in [0, 0.1) is 11.3 Å². The summed E-state index contributed by atoms with van der Waals surface area (Å²) in [6.45, 7) is 2.22. The Hall–Kier alpha value is -4.79. The molecule has 0 bridgehead atoms. The summed E-state index contributed by atoms with van der Waals surface area (Å²) in [5, 5.41) is 12.4. The number of aromatic nitrogens is 1. The van der Waals surface area contributed by atoms with E-state index in [0.717, 1.165) is 5.39 Å². The molecule has 4 aromatic rings. The molecular formula is C29H26N6O4S. The van der Waals surface area contributed by atoms with Gasteiger partial charge >= 0.3 is 0 Å². The number of pyridine rings is 1. The number of benzene rings is 3. The molecular weight excluding hydrogens is 528 g/mol. The number of fused-ring (bicyclic) bond motifs is 1. The minimum atomic E-state index is -3.89. The van der Waals surface area contributed by atoms with E-state index in [1.54, 1.807) is 83.9 Å². The summed E-state index contributed by atoms with van der Waals surface area (Å²) in [6, 6.07) is 23.5. The molecule has 1 aromatic heterocycles. The molecule has 10 nitrogen and oxygen atoms in total. The molecule has 0 aliphatic carbocycles. The maximum atomic E-state index is 13.0. The van der Waals surface area contributed by atoms with Crippen LogP contribution in [0.15, 0.2) is 90.0 Å². The van der Waals surface area contributed by atoms with E-state index in [2.05, 4.69) is 15.0 Å². The Morgan fingerprint density at radius 3 is 2.25 bits per heavy atom. The minimum Gasteiger partial charge on any atom is -0.336 e. The molecule has 1 saturated heterocycles. The number of carbonyl (C=O) groups excluding carboxylic acids is 2. The van der Waals surface area contributed by atoms with Crippen LogP contribution >= 0.6 is 0 Å². The number of nitrogens with zero attached hydrogens (tertiary/aromatic N) is 4. The van der Waals surface area contributed by atoms with E-state index < -0.39 is 10.0 Å². The Labute approximate surface area is 231 Å². The van der Waals surface area contributed by atoms with Crippen LogP contribution in [0.4, 0.5) is 11.4 Å². The average Bonchev–Trinajstić information content (AvgIpc) is 2.97. The topological polar surface area (TPSA) is 136 Å². The first-order chi connectivity index (χ1) is 19.3. The van der Waals surface area contributed by atoms with Crippen LogP contribution in [0.25, 0.3) is 10.9 Å². The van der Waals surface area contributed by atoms with Gasteiger partial charge in [0.15, 0.2) is 0 Å². The fourth-order valence-electron chi connectivity index (χ4n) is 4.51. The smallest absolute Gasteiger partial charge is 0.264 e. The van der Waals surface area contributed by atoms with E-state index in [1.165, 1.54) is 6.07 Å². The average molecular weight is 555 g/mol. The molecule has 11 heteroatoms. The van der Waals surface area contributed by atoms with Gasteiger partial charge in [-0.15, -0.1) is 0 Å². The SMILES string of the molecule is N#Cc1ccc(NC(=O)CN2CCN(C(=O)c3ccc(NS(=O)(=O)c4cccc5cccnc45)cc3)CC2)cc1. The summed E-state index contributed by atoms with van der Waals surface area (Å²) in [5.41, 5.74) is 2.31. The largest absolute Gasteiger partial charge is 0.336 e. The van der Waals surface area contributed by atoms with Crippen LogP contribution < -0.4 is 10.0 Å². The van der Waals surface area contributed by atoms with Gasteiger partial charge in [0.05, 0.1) is 23.7 Å². The zero-order chi connectivity index (χ0) is 28.1. The van der Waals surface area contributed by atoms with Gasteiger partial charge < -0.3 is 10.2 Å². The van der Waals surface area contributed by atoms with Gasteiger partial charge in [0.25, 0.3) is 15.9 Å². The normalized spacial score (nSPS) is 13.9. The van der Waals surface area contributed by atoms with Crippen molar-refractivity contribution in [3.8, 4) is 6.07 Å². The first-order valence-electron chi connectivity index (χ1n) is 12.6. The monoisotopic (exact) mass is 554 g/mol. The maximum Gasteiger partial charge on any atom is 0.264 e. The molecule has 1 aliphatic rings. The summed E-state index contributed by atoms with van der Waals surface area (Å²) in [7, 11) is -3.89. The van der Waals surface area contributed by atoms with Crippen molar-refractivity contribution >= 4 is 44.1 Å². The number of nitriles is 1. The third-order valence-corrected chi connectivity index (χ3v) is 8.01. The van der Waals surface area contributed by atoms with Gasteiger partial charge in [-0.05, 0) is 60.7 Å². The lowest BCUT2D eigenvalue weighted by atomic mass is 10.1. The van der Waals surface area contributed by atoms with Gasteiger partial charge in [-0.3, -0.25) is 24.2 Å². The molecule has 0 radical (unpaired) electrons. The number of hydrogen-bond acceptors (Lipinski definition) is 7. The van der Waals surface area contributed by atoms with Crippen molar-refractivity contribution in [3.05, 3.63) is 96.2 Å². The van der Waals surface area contributed by atoms with E-state index in [4.69, 9.17) is 5.26 Å². The summed E-state index contributed by atoms with van der Waals surface area (Å²) >= 11 is 0. The van der Waals surface area contributed by atoms with E-state index in [9.17, 15) is 18.0 Å². The van der Waals surface area contributed by atoms with Crippen molar-refractivity contribution < 1.29 is 18.0 Å². The van der Waals surface area contributed by atoms with Crippen molar-refractivity contribution in [2.45, 2.75) is 4.90 Å². The second-order valence-corrected chi connectivity index (χ2v) is 11.0. The number of piperazine rings is 1. The highest BCUT2D eigenvalue weighted by Crippen LogP contribution is 2.23. The highest BCUT2D eigenvalue weighted by molar-refractivity contribution is 7.93. The third kappa shape index (κ3) is 6.09. The maximum absolute atomic E-state index is 13.0. The van der Waals surface area contributed by atoms with Crippen molar-refractivity contribution in [3.63, 3.8) is 0 Å². The van der Waals surface area contributed by atoms with Crippen LogP contribution in [0.5, 0.6) is 0 Å². The number of carbonyl (C=O) groups is 2. The Balaban J connectivity index is 1.15. The molecule has 1 aliphatic heterocycles. The fourth-order valence-corrected chi connectivity index (χ4v) is 5.75. The molecule has 0 spiro atoms. The van der Waals surface area contributed by atoms with Crippen molar-refractivity contribution in [2.75, 3.05) is 42.8 Å². The van der Waals surface area contributed by atoms with Gasteiger partial charge in [-0.2, -0.15) is 5.26 Å². The summed E-state index contributed by atoms with van der Waals surface area (Å²) in [5.74, 6) is -0.323. The van der Waals surface area contributed by atoms with Crippen LogP contribution in [-0.4, -0.2) is 67.7 Å². The molecule has 2 N–H and O–H groups in total. The molecule has 5 rings (SSSR count). The molecule has 2 amide bonds. The molecule has 0 atom stereocenters. The first-order valence-corrected chi connectivity index (χ1v) is 14.1. The van der Waals surface area contributed by atoms with Crippen molar-refractivity contribution in [2.24, 2.45) is 0 Å². The Morgan fingerprint density at radius 2 is 1.55 bits per heavy atom. The molecule has 0 saturated carbocycles. The van der Waals surface area contributed by atoms with E-state index in [0.29, 0.717) is 54.2 Å². The number of amides is 2. The second kappa shape index (κ2) is 11.5. The fraction of sp³-hybridized carbons (Fsp3) is 0.172. The number of para-hydroxylation sites is 1. The van der Waals surface area contributed by atoms with Gasteiger partial charge in [-0.25, -0.2) is 8.42 Å². The lowest BCUT2D eigenvalue weighted by molar-refractivity contribution is -0.117. The highest BCUT2D eigenvalue weighted by atomic mass is 32.2. The van der Waals surface area contributed by atoms with Crippen LogP contribution in [0.3, 0.4) is 0 Å². The summed E-state index contributed by atoms with van der Waals surface area (Å²) < 4.78 is 28.7. The van der Waals surface area contributed by atoms with Crippen molar-refractivity contribution in [1.82, 2.24) is 14.8 Å². The van der Waals surface area contributed by atoms with Gasteiger partial charge in [0, 0.05) is 54.7 Å². The Kier molecular flexibility index (Phi) is 7.72. The van der Waals surface area contributed by atoms with Gasteiger partial charge in [0.2, 0.25) is 5.91 Å². The predicted octanol–water partition coefficient (Wildman–Crippen LogP) is 3.30. The third-order valence-electron chi connectivity index (χ3n) is 6.59. The van der Waals surface area contributed by atoms with Gasteiger partial charge in [-0.1, -0.05) is 18.2 Å². The molecule has 202 valence electrons. The highest BCUT2D eigenvalue weighted by Gasteiger charge is 2.24. The lowest BCUT2D eigenvalue weighted by Gasteiger charge is -2.34. The predicted molar refractivity (Wildman–Crippen MR) is 151 cm³/mol. The molecule has 1 fully saturated rings. The quantitative estimate of drug-likeness (QED) is 0.358. The molecule has 40 heavy (non-hydrogen) atoms. The Bertz CT molecular complexity index is 1690. The van der Waals surface area contributed by atoms with E-state index in [1.807, 2.05) is 11.0 Å². The number of rotatable bonds is 7. The number of hydrogen-bond donors (Lipinski definition) is 2. The van der Waals surface area contributed by atoms with Crippen LogP contribution in [-0.2, 0) is 14.8 Å². The minimum absolute atomic E-state index is 0.0780. The zero-order valence-corrected chi connectivity index (χ0v) is 22.3. The Morgan fingerprint density at radius 1 is 0.875 bits per heavy atom. The summed E-state index contributed by atoms with van der Waals surface area (Å²) in [4.78, 5) is 33.4. The van der Waals surface area contributed by atoms with Gasteiger partial charge in [0.1, 0.15) is 4.90 Å². The standard InChI is InChI=1S/C29H26N6O4S/c30-19-21-6-10-24(11-7-21)32-27(36)20-34-15-17-35(18-16-34)29(37)23-8-12-25(13-9-23)33-40(38,39)26-5-1-3-22-4-2-14-31-28(22)26/h1-14,33H,15-18,20H2,(H,32,36). The first kappa shape index (κ1) is 26.8. The second-order valence-electron chi connectivity index (χ2n) is 9.32. The molecule has 3 aromatic carbocycles. The molecule has 2 heterocycles.